The van der Waals surface area contributed by atoms with Gasteiger partial charge < -0.3 is 5.11 Å². The van der Waals surface area contributed by atoms with Gasteiger partial charge in [-0.05, 0) is 6.92 Å². The second-order valence-electron chi connectivity index (χ2n) is 2.36. The van der Waals surface area contributed by atoms with Crippen molar-refractivity contribution in [3.05, 3.63) is 15.0 Å². The lowest BCUT2D eigenvalue weighted by molar-refractivity contribution is -0.133. The fourth-order valence-electron chi connectivity index (χ4n) is 0.757. The molecule has 1 aromatic heterocycles. The molecule has 1 N–H and O–H groups in total. The van der Waals surface area contributed by atoms with Gasteiger partial charge in [0.05, 0.1) is 11.4 Å². The topological polar surface area (TPSA) is 50.2 Å². The van der Waals surface area contributed by atoms with Gasteiger partial charge in [-0.1, -0.05) is 11.6 Å². The van der Waals surface area contributed by atoms with Crippen molar-refractivity contribution < 1.29 is 9.90 Å². The van der Waals surface area contributed by atoms with E-state index >= 15 is 0 Å². The zero-order chi connectivity index (χ0) is 9.84. The third kappa shape index (κ3) is 3.54. The van der Waals surface area contributed by atoms with Gasteiger partial charge in [0.15, 0.2) is 4.47 Å². The summed E-state index contributed by atoms with van der Waals surface area (Å²) in [6, 6.07) is 0. The smallest absolute Gasteiger partial charge is 0.313 e. The van der Waals surface area contributed by atoms with Crippen molar-refractivity contribution >= 4 is 40.7 Å². The van der Waals surface area contributed by atoms with Gasteiger partial charge in [0.1, 0.15) is 0 Å². The van der Waals surface area contributed by atoms with Crippen LogP contribution in [0.3, 0.4) is 0 Å². The number of aryl methyl sites for hydroxylation is 1. The maximum Gasteiger partial charge on any atom is 0.313 e. The van der Waals surface area contributed by atoms with E-state index in [2.05, 4.69) is 4.98 Å². The second kappa shape index (κ2) is 4.83. The molecule has 0 radical (unpaired) electrons. The van der Waals surface area contributed by atoms with Crippen LogP contribution in [0.25, 0.3) is 0 Å². The van der Waals surface area contributed by atoms with Gasteiger partial charge in [-0.25, -0.2) is 4.98 Å². The van der Waals surface area contributed by atoms with Crippen LogP contribution in [0.1, 0.15) is 10.6 Å². The van der Waals surface area contributed by atoms with Crippen LogP contribution in [0.2, 0.25) is 4.47 Å². The van der Waals surface area contributed by atoms with Crippen molar-refractivity contribution in [3.63, 3.8) is 0 Å². The second-order valence-corrected chi connectivity index (χ2v) is 5.01. The van der Waals surface area contributed by atoms with E-state index in [0.717, 1.165) is 10.6 Å². The predicted octanol–water partition coefficient (Wildman–Crippen LogP) is 2.42. The summed E-state index contributed by atoms with van der Waals surface area (Å²) < 4.78 is 0.517. The number of thioether (sulfide) groups is 1. The van der Waals surface area contributed by atoms with Gasteiger partial charge in [0.2, 0.25) is 0 Å². The maximum absolute atomic E-state index is 10.2. The molecule has 13 heavy (non-hydrogen) atoms. The molecule has 72 valence electrons. The summed E-state index contributed by atoms with van der Waals surface area (Å²) in [4.78, 5) is 15.3. The molecule has 0 unspecified atom stereocenters. The number of aliphatic carboxylic acids is 1. The zero-order valence-electron chi connectivity index (χ0n) is 6.91. The molecule has 0 aromatic carbocycles. The Balaban J connectivity index is 2.45. The molecule has 0 atom stereocenters. The standard InChI is InChI=1S/C7H8ClNO2S2/c1-4-5(13-7(8)9-4)2-12-3-6(10)11/h2-3H2,1H3,(H,10,11). The van der Waals surface area contributed by atoms with E-state index in [1.165, 1.54) is 23.1 Å². The summed E-state index contributed by atoms with van der Waals surface area (Å²) in [5, 5.41) is 8.41. The molecule has 6 heteroatoms. The molecule has 1 heterocycles. The van der Waals surface area contributed by atoms with Crippen LogP contribution in [0.15, 0.2) is 0 Å². The van der Waals surface area contributed by atoms with Crippen molar-refractivity contribution in [2.24, 2.45) is 0 Å². The molecule has 0 spiro atoms. The first-order valence-electron chi connectivity index (χ1n) is 3.51. The lowest BCUT2D eigenvalue weighted by atomic mass is 10.4. The Hall–Kier alpha value is -0.260. The van der Waals surface area contributed by atoms with Gasteiger partial charge in [0, 0.05) is 10.6 Å². The van der Waals surface area contributed by atoms with Crippen LogP contribution < -0.4 is 0 Å². The average molecular weight is 238 g/mol. The van der Waals surface area contributed by atoms with Crippen LogP contribution in [-0.4, -0.2) is 21.8 Å². The molecule has 0 saturated carbocycles. The highest BCUT2D eigenvalue weighted by atomic mass is 35.5. The normalized spacial score (nSPS) is 10.3. The number of hydrogen-bond donors (Lipinski definition) is 1. The number of nitrogens with zero attached hydrogens (tertiary/aromatic N) is 1. The summed E-state index contributed by atoms with van der Waals surface area (Å²) >= 11 is 8.45. The predicted molar refractivity (Wildman–Crippen MR) is 55.7 cm³/mol. The highest BCUT2D eigenvalue weighted by Crippen LogP contribution is 2.25. The molecule has 0 aliphatic carbocycles. The van der Waals surface area contributed by atoms with Crippen molar-refractivity contribution in [2.45, 2.75) is 12.7 Å². The Morgan fingerprint density at radius 1 is 1.77 bits per heavy atom. The number of thiazole rings is 1. The van der Waals surface area contributed by atoms with E-state index in [-0.39, 0.29) is 5.75 Å². The Labute approximate surface area is 89.1 Å². The molecule has 0 fully saturated rings. The molecular weight excluding hydrogens is 230 g/mol. The van der Waals surface area contributed by atoms with E-state index in [1.807, 2.05) is 6.92 Å². The van der Waals surface area contributed by atoms with Gasteiger partial charge in [-0.15, -0.1) is 23.1 Å². The highest BCUT2D eigenvalue weighted by Gasteiger charge is 2.06. The Morgan fingerprint density at radius 3 is 2.92 bits per heavy atom. The van der Waals surface area contributed by atoms with Crippen LogP contribution in [0, 0.1) is 6.92 Å². The summed E-state index contributed by atoms with van der Waals surface area (Å²) in [6.07, 6.45) is 0. The lowest BCUT2D eigenvalue weighted by Crippen LogP contribution is -1.97. The summed E-state index contributed by atoms with van der Waals surface area (Å²) in [7, 11) is 0. The molecule has 0 saturated heterocycles. The molecule has 0 bridgehead atoms. The average Bonchev–Trinajstić information content (AvgIpc) is 2.29. The van der Waals surface area contributed by atoms with Crippen molar-refractivity contribution in [1.29, 1.82) is 0 Å². The Morgan fingerprint density at radius 2 is 2.46 bits per heavy atom. The van der Waals surface area contributed by atoms with Crippen LogP contribution in [0.4, 0.5) is 0 Å². The van der Waals surface area contributed by atoms with E-state index < -0.39 is 5.97 Å². The van der Waals surface area contributed by atoms with Crippen molar-refractivity contribution in [1.82, 2.24) is 4.98 Å². The van der Waals surface area contributed by atoms with Crippen LogP contribution >= 0.6 is 34.7 Å². The van der Waals surface area contributed by atoms with E-state index in [0.29, 0.717) is 10.2 Å². The molecule has 1 rings (SSSR count). The minimum absolute atomic E-state index is 0.120. The van der Waals surface area contributed by atoms with Gasteiger partial charge in [-0.2, -0.15) is 0 Å². The minimum atomic E-state index is -0.793. The fourth-order valence-corrected chi connectivity index (χ4v) is 2.90. The van der Waals surface area contributed by atoms with Crippen molar-refractivity contribution in [2.75, 3.05) is 5.75 Å². The van der Waals surface area contributed by atoms with Gasteiger partial charge in [0.25, 0.3) is 0 Å². The molecule has 0 aliphatic heterocycles. The first-order valence-corrected chi connectivity index (χ1v) is 5.86. The maximum atomic E-state index is 10.2. The largest absolute Gasteiger partial charge is 0.481 e. The zero-order valence-corrected chi connectivity index (χ0v) is 9.30. The molecule has 0 amide bonds. The minimum Gasteiger partial charge on any atom is -0.481 e. The van der Waals surface area contributed by atoms with Gasteiger partial charge >= 0.3 is 5.97 Å². The number of carbonyl (C=O) groups is 1. The van der Waals surface area contributed by atoms with E-state index in [1.54, 1.807) is 0 Å². The number of carboxylic acids is 1. The van der Waals surface area contributed by atoms with Crippen LogP contribution in [0.5, 0.6) is 0 Å². The lowest BCUT2D eigenvalue weighted by Gasteiger charge is -1.95. The molecule has 1 aromatic rings. The quantitative estimate of drug-likeness (QED) is 0.874. The van der Waals surface area contributed by atoms with Crippen molar-refractivity contribution in [3.8, 4) is 0 Å². The number of halogens is 1. The fraction of sp³-hybridized carbons (Fsp3) is 0.429. The summed E-state index contributed by atoms with van der Waals surface area (Å²) in [5.41, 5.74) is 0.896. The third-order valence-electron chi connectivity index (χ3n) is 1.33. The highest BCUT2D eigenvalue weighted by molar-refractivity contribution is 7.99. The summed E-state index contributed by atoms with van der Waals surface area (Å²) in [5.74, 6) is -0.00411. The first-order chi connectivity index (χ1) is 6.09. The number of rotatable bonds is 4. The van der Waals surface area contributed by atoms with Gasteiger partial charge in [-0.3, -0.25) is 4.79 Å². The van der Waals surface area contributed by atoms with E-state index in [4.69, 9.17) is 16.7 Å². The van der Waals surface area contributed by atoms with Crippen LogP contribution in [-0.2, 0) is 10.5 Å². The molecular formula is C7H8ClNO2S2. The first kappa shape index (κ1) is 10.8. The number of aromatic nitrogens is 1. The number of hydrogen-bond acceptors (Lipinski definition) is 4. The molecule has 0 aliphatic rings. The molecule has 3 nitrogen and oxygen atoms in total. The Bertz CT molecular complexity index is 313. The number of carboxylic acid groups (broad SMARTS) is 1. The Kier molecular flexibility index (Phi) is 4.02. The SMILES string of the molecule is Cc1nc(Cl)sc1CSCC(=O)O. The summed E-state index contributed by atoms with van der Waals surface area (Å²) in [6.45, 7) is 1.87. The van der Waals surface area contributed by atoms with E-state index in [9.17, 15) is 4.79 Å². The third-order valence-corrected chi connectivity index (χ3v) is 3.71. The monoisotopic (exact) mass is 237 g/mol.